The zero-order chi connectivity index (χ0) is 6.93. The molecule has 1 N–H and O–H groups in total. The average Bonchev–Trinajstić information content (AvgIpc) is 1.85. The summed E-state index contributed by atoms with van der Waals surface area (Å²) in [4.78, 5) is 0. The monoisotopic (exact) mass is 156 g/mol. The summed E-state index contributed by atoms with van der Waals surface area (Å²) in [5.41, 5.74) is 0. The number of aliphatic hydroxyl groups is 1. The van der Waals surface area contributed by atoms with E-state index in [-0.39, 0.29) is 10.9 Å². The molecule has 0 saturated heterocycles. The van der Waals surface area contributed by atoms with E-state index in [2.05, 4.69) is 12.6 Å². The van der Waals surface area contributed by atoms with Crippen molar-refractivity contribution < 1.29 is 5.11 Å². The largest absolute Gasteiger partial charge is 0.392 e. The Bertz CT molecular complexity index is 186. The molecule has 0 amide bonds. The molecule has 5 unspecified atom stereocenters. The molecule has 0 heterocycles. The molecule has 3 rings (SSSR count). The maximum Gasteiger partial charge on any atom is 0.0693 e. The molecule has 0 aromatic heterocycles. The molecule has 3 saturated carbocycles. The predicted octanol–water partition coefficient (Wildman–Crippen LogP) is 1.08. The minimum atomic E-state index is -0.0811. The van der Waals surface area contributed by atoms with Gasteiger partial charge in [0.05, 0.1) is 6.10 Å². The Morgan fingerprint density at radius 3 is 2.40 bits per heavy atom. The first-order valence-corrected chi connectivity index (χ1v) is 4.59. The van der Waals surface area contributed by atoms with Gasteiger partial charge in [0, 0.05) is 4.75 Å². The summed E-state index contributed by atoms with van der Waals surface area (Å²) in [7, 11) is 0. The SMILES string of the molecule is OC1CC2C3CCC3C12S. The number of hydrogen-bond acceptors (Lipinski definition) is 2. The number of thiol groups is 1. The third-order valence-corrected chi connectivity index (χ3v) is 5.00. The Balaban J connectivity index is 1.90. The number of aliphatic hydroxyl groups excluding tert-OH is 1. The zero-order valence-electron chi connectivity index (χ0n) is 5.83. The van der Waals surface area contributed by atoms with Crippen LogP contribution in [-0.4, -0.2) is 16.0 Å². The number of rotatable bonds is 0. The van der Waals surface area contributed by atoms with E-state index in [1.165, 1.54) is 12.8 Å². The fourth-order valence-corrected chi connectivity index (χ4v) is 3.93. The van der Waals surface area contributed by atoms with E-state index in [9.17, 15) is 5.11 Å². The molecule has 0 aliphatic heterocycles. The Morgan fingerprint density at radius 1 is 1.30 bits per heavy atom. The minimum Gasteiger partial charge on any atom is -0.392 e. The van der Waals surface area contributed by atoms with Crippen LogP contribution in [0.4, 0.5) is 0 Å². The number of fused-ring (bicyclic) bond motifs is 4. The molecule has 1 nitrogen and oxygen atoms in total. The standard InChI is InChI=1S/C8H12OS/c9-7-3-6-4-1-2-5(4)8(6,7)10/h4-7,9-10H,1-3H2. The molecule has 5 atom stereocenters. The second-order valence-electron chi connectivity index (χ2n) is 4.09. The fourth-order valence-electron chi connectivity index (χ4n) is 3.21. The van der Waals surface area contributed by atoms with Gasteiger partial charge in [0.1, 0.15) is 0 Å². The molecule has 3 aliphatic rings. The molecule has 0 aromatic rings. The minimum absolute atomic E-state index is 0.0811. The van der Waals surface area contributed by atoms with Gasteiger partial charge in [-0.05, 0) is 37.0 Å². The van der Waals surface area contributed by atoms with E-state index < -0.39 is 0 Å². The van der Waals surface area contributed by atoms with Crippen molar-refractivity contribution in [1.29, 1.82) is 0 Å². The van der Waals surface area contributed by atoms with Gasteiger partial charge in [0.25, 0.3) is 0 Å². The van der Waals surface area contributed by atoms with Gasteiger partial charge in [-0.15, -0.1) is 0 Å². The second kappa shape index (κ2) is 1.42. The maximum atomic E-state index is 9.44. The summed E-state index contributed by atoms with van der Waals surface area (Å²) in [6.45, 7) is 0. The molecule has 0 radical (unpaired) electrons. The van der Waals surface area contributed by atoms with Crippen molar-refractivity contribution in [2.75, 3.05) is 0 Å². The average molecular weight is 156 g/mol. The lowest BCUT2D eigenvalue weighted by molar-refractivity contribution is -0.203. The van der Waals surface area contributed by atoms with Crippen molar-refractivity contribution in [1.82, 2.24) is 0 Å². The lowest BCUT2D eigenvalue weighted by Crippen LogP contribution is -2.76. The van der Waals surface area contributed by atoms with E-state index in [1.807, 2.05) is 0 Å². The van der Waals surface area contributed by atoms with Crippen molar-refractivity contribution in [3.05, 3.63) is 0 Å². The fraction of sp³-hybridized carbons (Fsp3) is 1.00. The molecule has 3 fully saturated rings. The van der Waals surface area contributed by atoms with Gasteiger partial charge in [0.2, 0.25) is 0 Å². The smallest absolute Gasteiger partial charge is 0.0693 e. The lowest BCUT2D eigenvalue weighted by atomic mass is 9.38. The highest BCUT2D eigenvalue weighted by atomic mass is 32.1. The van der Waals surface area contributed by atoms with E-state index >= 15 is 0 Å². The van der Waals surface area contributed by atoms with Crippen molar-refractivity contribution in [2.24, 2.45) is 17.8 Å². The molecule has 0 spiro atoms. The zero-order valence-corrected chi connectivity index (χ0v) is 6.72. The Morgan fingerprint density at radius 2 is 2.10 bits per heavy atom. The van der Waals surface area contributed by atoms with E-state index in [4.69, 9.17) is 0 Å². The van der Waals surface area contributed by atoms with Crippen LogP contribution in [0.15, 0.2) is 0 Å². The van der Waals surface area contributed by atoms with Gasteiger partial charge in [-0.1, -0.05) is 0 Å². The first kappa shape index (κ1) is 5.90. The normalized spacial score (nSPS) is 70.2. The molecular formula is C8H12OS. The van der Waals surface area contributed by atoms with Crippen LogP contribution < -0.4 is 0 Å². The van der Waals surface area contributed by atoms with Crippen LogP contribution in [0.1, 0.15) is 19.3 Å². The molecular weight excluding hydrogens is 144 g/mol. The molecule has 3 aliphatic carbocycles. The molecule has 0 bridgehead atoms. The first-order chi connectivity index (χ1) is 4.74. The molecule has 2 heteroatoms. The molecule has 10 heavy (non-hydrogen) atoms. The summed E-state index contributed by atoms with van der Waals surface area (Å²) in [5, 5.41) is 9.44. The van der Waals surface area contributed by atoms with Crippen LogP contribution in [-0.2, 0) is 0 Å². The van der Waals surface area contributed by atoms with Crippen LogP contribution in [0.5, 0.6) is 0 Å². The Hall–Kier alpha value is 0.310. The van der Waals surface area contributed by atoms with Gasteiger partial charge in [-0.25, -0.2) is 0 Å². The van der Waals surface area contributed by atoms with Crippen LogP contribution in [0.2, 0.25) is 0 Å². The quantitative estimate of drug-likeness (QED) is 0.503. The third kappa shape index (κ3) is 0.356. The molecule has 0 aromatic carbocycles. The molecule has 56 valence electrons. The van der Waals surface area contributed by atoms with Gasteiger partial charge in [-0.3, -0.25) is 0 Å². The van der Waals surface area contributed by atoms with Crippen LogP contribution in [0, 0.1) is 17.8 Å². The maximum absolute atomic E-state index is 9.44. The Kier molecular flexibility index (Phi) is 0.835. The summed E-state index contributed by atoms with van der Waals surface area (Å²) in [6, 6.07) is 0. The Labute approximate surface area is 66.2 Å². The second-order valence-corrected chi connectivity index (χ2v) is 4.87. The van der Waals surface area contributed by atoms with E-state index in [0.717, 1.165) is 24.2 Å². The predicted molar refractivity (Wildman–Crippen MR) is 42.0 cm³/mol. The van der Waals surface area contributed by atoms with Crippen LogP contribution in [0.25, 0.3) is 0 Å². The summed E-state index contributed by atoms with van der Waals surface area (Å²) < 4.78 is 0.0862. The topological polar surface area (TPSA) is 20.2 Å². The first-order valence-electron chi connectivity index (χ1n) is 4.15. The van der Waals surface area contributed by atoms with E-state index in [1.54, 1.807) is 0 Å². The summed E-state index contributed by atoms with van der Waals surface area (Å²) >= 11 is 4.57. The number of hydrogen-bond donors (Lipinski definition) is 2. The van der Waals surface area contributed by atoms with Crippen LogP contribution >= 0.6 is 12.6 Å². The van der Waals surface area contributed by atoms with Gasteiger partial charge >= 0.3 is 0 Å². The van der Waals surface area contributed by atoms with Crippen molar-refractivity contribution in [3.63, 3.8) is 0 Å². The van der Waals surface area contributed by atoms with Crippen LogP contribution in [0.3, 0.4) is 0 Å². The highest BCUT2D eigenvalue weighted by Crippen LogP contribution is 2.72. The third-order valence-electron chi connectivity index (χ3n) is 4.04. The van der Waals surface area contributed by atoms with Gasteiger partial charge in [0.15, 0.2) is 0 Å². The van der Waals surface area contributed by atoms with Crippen molar-refractivity contribution in [3.8, 4) is 0 Å². The highest BCUT2D eigenvalue weighted by Gasteiger charge is 2.72. The van der Waals surface area contributed by atoms with Gasteiger partial charge in [-0.2, -0.15) is 12.6 Å². The van der Waals surface area contributed by atoms with Crippen molar-refractivity contribution >= 4 is 12.6 Å². The highest BCUT2D eigenvalue weighted by molar-refractivity contribution is 7.82. The van der Waals surface area contributed by atoms with Gasteiger partial charge < -0.3 is 5.11 Å². The summed E-state index contributed by atoms with van der Waals surface area (Å²) in [5.74, 6) is 2.52. The summed E-state index contributed by atoms with van der Waals surface area (Å²) in [6.07, 6.45) is 3.68. The lowest BCUT2D eigenvalue weighted by Gasteiger charge is -2.74. The van der Waals surface area contributed by atoms with E-state index in [0.29, 0.717) is 0 Å². The van der Waals surface area contributed by atoms with Crippen molar-refractivity contribution in [2.45, 2.75) is 30.1 Å².